The Morgan fingerprint density at radius 3 is 2.40 bits per heavy atom. The van der Waals surface area contributed by atoms with Crippen molar-refractivity contribution in [1.29, 1.82) is 10.5 Å². The summed E-state index contributed by atoms with van der Waals surface area (Å²) in [6.07, 6.45) is 0. The van der Waals surface area contributed by atoms with E-state index in [1.54, 1.807) is 31.2 Å². The maximum absolute atomic E-state index is 13.0. The Morgan fingerprint density at radius 1 is 1.00 bits per heavy atom. The highest BCUT2D eigenvalue weighted by atomic mass is 16.3. The van der Waals surface area contributed by atoms with E-state index in [2.05, 4.69) is 6.07 Å². The van der Waals surface area contributed by atoms with Crippen molar-refractivity contribution < 1.29 is 4.42 Å². The Hall–Kier alpha value is -3.83. The third kappa shape index (κ3) is 2.04. The van der Waals surface area contributed by atoms with E-state index in [-0.39, 0.29) is 5.56 Å². The van der Waals surface area contributed by atoms with Crippen molar-refractivity contribution in [3.05, 3.63) is 75.6 Å². The molecule has 0 fully saturated rings. The van der Waals surface area contributed by atoms with Crippen LogP contribution in [0.15, 0.2) is 57.7 Å². The quantitative estimate of drug-likeness (QED) is 0.533. The molecule has 4 aromatic rings. The lowest BCUT2D eigenvalue weighted by molar-refractivity contribution is 0.663. The molecule has 25 heavy (non-hydrogen) atoms. The van der Waals surface area contributed by atoms with E-state index in [1.165, 1.54) is 4.57 Å². The third-order valence-corrected chi connectivity index (χ3v) is 4.29. The van der Waals surface area contributed by atoms with Gasteiger partial charge < -0.3 is 4.42 Å². The van der Waals surface area contributed by atoms with E-state index in [9.17, 15) is 10.1 Å². The van der Waals surface area contributed by atoms with E-state index in [4.69, 9.17) is 9.68 Å². The Kier molecular flexibility index (Phi) is 3.16. The van der Waals surface area contributed by atoms with Gasteiger partial charge in [-0.15, -0.1) is 0 Å². The molecular weight excluding hydrogens is 314 g/mol. The fraction of sp³-hybridized carbons (Fsp3) is 0.0500. The van der Waals surface area contributed by atoms with Crippen molar-refractivity contribution >= 4 is 22.1 Å². The minimum atomic E-state index is -0.399. The molecule has 0 spiro atoms. The van der Waals surface area contributed by atoms with E-state index < -0.39 is 5.56 Å². The normalized spacial score (nSPS) is 10.7. The average molecular weight is 325 g/mol. The first-order chi connectivity index (χ1) is 12.2. The molecule has 0 saturated carbocycles. The smallest absolute Gasteiger partial charge is 0.274 e. The molecule has 5 nitrogen and oxygen atoms in total. The summed E-state index contributed by atoms with van der Waals surface area (Å²) in [7, 11) is 0. The van der Waals surface area contributed by atoms with Crippen LogP contribution >= 0.6 is 0 Å². The van der Waals surface area contributed by atoms with Gasteiger partial charge in [0.05, 0.1) is 11.6 Å². The van der Waals surface area contributed by atoms with Crippen molar-refractivity contribution in [3.8, 4) is 17.8 Å². The van der Waals surface area contributed by atoms with Crippen molar-refractivity contribution in [2.45, 2.75) is 6.92 Å². The summed E-state index contributed by atoms with van der Waals surface area (Å²) in [4.78, 5) is 13.0. The van der Waals surface area contributed by atoms with Crippen LogP contribution in [0.4, 0.5) is 0 Å². The molecule has 0 aliphatic rings. The molecule has 0 amide bonds. The lowest BCUT2D eigenvalue weighted by Crippen LogP contribution is -2.22. The number of aryl methyl sites for hydroxylation is 1. The number of hydrogen-bond donors (Lipinski definition) is 0. The van der Waals surface area contributed by atoms with Crippen LogP contribution in [0, 0.1) is 29.6 Å². The molecule has 2 heterocycles. The Bertz CT molecular complexity index is 1280. The Labute approximate surface area is 142 Å². The summed E-state index contributed by atoms with van der Waals surface area (Å²) < 4.78 is 7.40. The highest BCUT2D eigenvalue weighted by molar-refractivity contribution is 6.04. The van der Waals surface area contributed by atoms with Gasteiger partial charge in [-0.3, -0.25) is 9.36 Å². The molecule has 0 N–H and O–H groups in total. The van der Waals surface area contributed by atoms with Gasteiger partial charge in [-0.1, -0.05) is 12.1 Å². The number of nitrogens with zero attached hydrogens (tertiary/aromatic N) is 3. The molecule has 4 rings (SSSR count). The van der Waals surface area contributed by atoms with Crippen LogP contribution in [-0.2, 0) is 0 Å². The maximum Gasteiger partial charge on any atom is 0.274 e. The number of hydrogen-bond acceptors (Lipinski definition) is 4. The van der Waals surface area contributed by atoms with Gasteiger partial charge in [0, 0.05) is 16.6 Å². The van der Waals surface area contributed by atoms with Crippen molar-refractivity contribution in [3.63, 3.8) is 0 Å². The molecule has 5 heteroatoms. The van der Waals surface area contributed by atoms with E-state index in [1.807, 2.05) is 30.3 Å². The second kappa shape index (κ2) is 5.36. The summed E-state index contributed by atoms with van der Waals surface area (Å²) in [5.41, 5.74) is 3.05. The Morgan fingerprint density at radius 2 is 1.72 bits per heavy atom. The molecule has 0 bridgehead atoms. The molecule has 0 unspecified atom stereocenters. The van der Waals surface area contributed by atoms with Gasteiger partial charge >= 0.3 is 0 Å². The van der Waals surface area contributed by atoms with Crippen molar-refractivity contribution in [1.82, 2.24) is 4.57 Å². The molecule has 0 radical (unpaired) electrons. The topological polar surface area (TPSA) is 82.7 Å². The fourth-order valence-corrected chi connectivity index (χ4v) is 3.06. The fourth-order valence-electron chi connectivity index (χ4n) is 3.06. The SMILES string of the molecule is Cc1c(C#N)c(=O)n(-c2ccc(C#N)cc2)c2c1oc1ccccc12. The zero-order valence-electron chi connectivity index (χ0n) is 13.3. The molecule has 2 aromatic heterocycles. The summed E-state index contributed by atoms with van der Waals surface area (Å²) in [6, 6.07) is 18.1. The lowest BCUT2D eigenvalue weighted by atomic mass is 10.1. The number of pyridine rings is 1. The second-order valence-electron chi connectivity index (χ2n) is 5.69. The molecular formula is C20H11N3O2. The van der Waals surface area contributed by atoms with Crippen molar-refractivity contribution in [2.75, 3.05) is 0 Å². The highest BCUT2D eigenvalue weighted by Gasteiger charge is 2.20. The van der Waals surface area contributed by atoms with E-state index in [0.717, 1.165) is 5.39 Å². The van der Waals surface area contributed by atoms with Crippen LogP contribution in [0.1, 0.15) is 16.7 Å². The number of fused-ring (bicyclic) bond motifs is 3. The number of furan rings is 1. The second-order valence-corrected chi connectivity index (χ2v) is 5.69. The maximum atomic E-state index is 13.0. The van der Waals surface area contributed by atoms with Crippen LogP contribution < -0.4 is 5.56 Å². The predicted octanol–water partition coefficient (Wildman–Crippen LogP) is 3.79. The summed E-state index contributed by atoms with van der Waals surface area (Å²) in [6.45, 7) is 1.72. The van der Waals surface area contributed by atoms with Gasteiger partial charge in [-0.2, -0.15) is 10.5 Å². The summed E-state index contributed by atoms with van der Waals surface area (Å²) in [5, 5.41) is 19.2. The number of aromatic nitrogens is 1. The molecule has 0 atom stereocenters. The first-order valence-electron chi connectivity index (χ1n) is 7.63. The lowest BCUT2D eigenvalue weighted by Gasteiger charge is -2.10. The minimum absolute atomic E-state index is 0.0518. The average Bonchev–Trinajstić information content (AvgIpc) is 3.03. The van der Waals surface area contributed by atoms with E-state index >= 15 is 0 Å². The first-order valence-corrected chi connectivity index (χ1v) is 7.63. The molecule has 0 saturated heterocycles. The van der Waals surface area contributed by atoms with Gasteiger partial charge in [0.1, 0.15) is 22.7 Å². The summed E-state index contributed by atoms with van der Waals surface area (Å²) in [5.74, 6) is 0. The minimum Gasteiger partial charge on any atom is -0.454 e. The van der Waals surface area contributed by atoms with Crippen molar-refractivity contribution in [2.24, 2.45) is 0 Å². The zero-order chi connectivity index (χ0) is 17.6. The molecule has 118 valence electrons. The van der Waals surface area contributed by atoms with Crippen LogP contribution in [0.25, 0.3) is 27.8 Å². The Balaban J connectivity index is 2.24. The van der Waals surface area contributed by atoms with Gasteiger partial charge in [0.25, 0.3) is 5.56 Å². The van der Waals surface area contributed by atoms with Gasteiger partial charge in [0.2, 0.25) is 0 Å². The summed E-state index contributed by atoms with van der Waals surface area (Å²) >= 11 is 0. The van der Waals surface area contributed by atoms with Gasteiger partial charge in [-0.05, 0) is 43.3 Å². The number of benzene rings is 2. The zero-order valence-corrected chi connectivity index (χ0v) is 13.3. The van der Waals surface area contributed by atoms with Crippen LogP contribution in [0.5, 0.6) is 0 Å². The third-order valence-electron chi connectivity index (χ3n) is 4.29. The van der Waals surface area contributed by atoms with Crippen LogP contribution in [-0.4, -0.2) is 4.57 Å². The standard InChI is InChI=1S/C20H11N3O2/c1-12-16(11-22)20(24)23(14-8-6-13(10-21)7-9-14)18-15-4-2-3-5-17(15)25-19(12)18/h2-9H,1H3. The predicted molar refractivity (Wildman–Crippen MR) is 93.5 cm³/mol. The number of nitriles is 2. The largest absolute Gasteiger partial charge is 0.454 e. The van der Waals surface area contributed by atoms with Crippen LogP contribution in [0.3, 0.4) is 0 Å². The molecule has 0 aliphatic heterocycles. The monoisotopic (exact) mass is 325 g/mol. The number of rotatable bonds is 1. The van der Waals surface area contributed by atoms with Gasteiger partial charge in [-0.25, -0.2) is 0 Å². The first kappa shape index (κ1) is 14.7. The molecule has 2 aromatic carbocycles. The molecule has 0 aliphatic carbocycles. The highest BCUT2D eigenvalue weighted by Crippen LogP contribution is 2.32. The van der Waals surface area contributed by atoms with E-state index in [0.29, 0.717) is 33.5 Å². The number of para-hydroxylation sites is 1. The van der Waals surface area contributed by atoms with Gasteiger partial charge in [0.15, 0.2) is 5.58 Å². The van der Waals surface area contributed by atoms with Crippen LogP contribution in [0.2, 0.25) is 0 Å².